The highest BCUT2D eigenvalue weighted by Gasteiger charge is 2.09. The SMILES string of the molecule is N#CC(C#N)=CNc1ccc([N+](=O)[O-])cc1F. The molecule has 6 nitrogen and oxygen atoms in total. The Balaban J connectivity index is 2.96. The van der Waals surface area contributed by atoms with Gasteiger partial charge in [0.05, 0.1) is 16.7 Å². The second-order valence-corrected chi connectivity index (χ2v) is 2.85. The highest BCUT2D eigenvalue weighted by Crippen LogP contribution is 2.20. The molecule has 1 aromatic rings. The van der Waals surface area contributed by atoms with Gasteiger partial charge >= 0.3 is 0 Å². The molecule has 0 aliphatic heterocycles. The predicted molar refractivity (Wildman–Crippen MR) is 56.0 cm³/mol. The van der Waals surface area contributed by atoms with Crippen molar-refractivity contribution < 1.29 is 9.31 Å². The summed E-state index contributed by atoms with van der Waals surface area (Å²) in [5.41, 5.74) is -0.667. The summed E-state index contributed by atoms with van der Waals surface area (Å²) in [6.45, 7) is 0. The van der Waals surface area contributed by atoms with E-state index in [2.05, 4.69) is 5.32 Å². The van der Waals surface area contributed by atoms with E-state index in [0.29, 0.717) is 0 Å². The normalized spacial score (nSPS) is 8.65. The third kappa shape index (κ3) is 3.01. The first-order valence-electron chi connectivity index (χ1n) is 4.29. The number of nitro groups is 1. The minimum absolute atomic E-state index is 0.0569. The lowest BCUT2D eigenvalue weighted by Crippen LogP contribution is -1.95. The van der Waals surface area contributed by atoms with Gasteiger partial charge in [-0.15, -0.1) is 0 Å². The Hall–Kier alpha value is -2.93. The maximum atomic E-state index is 13.3. The van der Waals surface area contributed by atoms with Gasteiger partial charge in [0.15, 0.2) is 5.82 Å². The molecule has 0 saturated carbocycles. The van der Waals surface area contributed by atoms with Crippen LogP contribution in [0.15, 0.2) is 30.0 Å². The van der Waals surface area contributed by atoms with Gasteiger partial charge in [-0.2, -0.15) is 10.5 Å². The third-order valence-corrected chi connectivity index (χ3v) is 1.78. The van der Waals surface area contributed by atoms with E-state index in [1.807, 2.05) is 0 Å². The second-order valence-electron chi connectivity index (χ2n) is 2.85. The molecule has 17 heavy (non-hydrogen) atoms. The smallest absolute Gasteiger partial charge is 0.272 e. The van der Waals surface area contributed by atoms with Crippen molar-refractivity contribution in [3.63, 3.8) is 0 Å². The Morgan fingerprint density at radius 3 is 2.59 bits per heavy atom. The topological polar surface area (TPSA) is 103 Å². The molecule has 7 heteroatoms. The van der Waals surface area contributed by atoms with Gasteiger partial charge in [-0.3, -0.25) is 10.1 Å². The number of anilines is 1. The standard InChI is InChI=1S/C10H5FN4O2/c11-9-3-8(15(16)17)1-2-10(9)14-6-7(4-12)5-13/h1-3,6,14H. The molecule has 0 heterocycles. The molecule has 84 valence electrons. The largest absolute Gasteiger partial charge is 0.357 e. The summed E-state index contributed by atoms with van der Waals surface area (Å²) in [7, 11) is 0. The van der Waals surface area contributed by atoms with Crippen LogP contribution in [0.3, 0.4) is 0 Å². The molecule has 0 amide bonds. The van der Waals surface area contributed by atoms with Crippen LogP contribution in [0.4, 0.5) is 15.8 Å². The van der Waals surface area contributed by atoms with E-state index in [9.17, 15) is 14.5 Å². The number of hydrogen-bond acceptors (Lipinski definition) is 5. The van der Waals surface area contributed by atoms with E-state index < -0.39 is 10.7 Å². The number of nitrogens with one attached hydrogen (secondary N) is 1. The van der Waals surface area contributed by atoms with Crippen molar-refractivity contribution in [2.75, 3.05) is 5.32 Å². The number of nitrogens with zero attached hydrogens (tertiary/aromatic N) is 3. The molecule has 1 N–H and O–H groups in total. The number of allylic oxidation sites excluding steroid dienone is 1. The molecule has 0 saturated heterocycles. The minimum Gasteiger partial charge on any atom is -0.357 e. The lowest BCUT2D eigenvalue weighted by molar-refractivity contribution is -0.385. The van der Waals surface area contributed by atoms with Crippen molar-refractivity contribution in [2.45, 2.75) is 0 Å². The van der Waals surface area contributed by atoms with E-state index in [0.717, 1.165) is 24.4 Å². The molecule has 0 radical (unpaired) electrons. The highest BCUT2D eigenvalue weighted by molar-refractivity contribution is 5.53. The zero-order chi connectivity index (χ0) is 12.8. The Morgan fingerprint density at radius 2 is 2.12 bits per heavy atom. The number of nitriles is 2. The van der Waals surface area contributed by atoms with Gasteiger partial charge < -0.3 is 5.32 Å². The van der Waals surface area contributed by atoms with Gasteiger partial charge in [0, 0.05) is 12.3 Å². The molecular weight excluding hydrogens is 227 g/mol. The van der Waals surface area contributed by atoms with Crippen molar-refractivity contribution in [1.82, 2.24) is 0 Å². The van der Waals surface area contributed by atoms with E-state index in [4.69, 9.17) is 10.5 Å². The summed E-state index contributed by atoms with van der Waals surface area (Å²) in [6, 6.07) is 6.16. The van der Waals surface area contributed by atoms with E-state index >= 15 is 0 Å². The lowest BCUT2D eigenvalue weighted by atomic mass is 10.2. The Morgan fingerprint density at radius 1 is 1.47 bits per heavy atom. The van der Waals surface area contributed by atoms with Crippen LogP contribution >= 0.6 is 0 Å². The molecule has 0 aromatic heterocycles. The van der Waals surface area contributed by atoms with Gasteiger partial charge in [-0.1, -0.05) is 0 Å². The molecule has 0 fully saturated rings. The van der Waals surface area contributed by atoms with Crippen LogP contribution in [0.25, 0.3) is 0 Å². The fourth-order valence-corrected chi connectivity index (χ4v) is 0.974. The summed E-state index contributed by atoms with van der Waals surface area (Å²) in [6.07, 6.45) is 1.02. The summed E-state index contributed by atoms with van der Waals surface area (Å²) in [5, 5.41) is 29.6. The third-order valence-electron chi connectivity index (χ3n) is 1.78. The first kappa shape index (κ1) is 12.1. The molecule has 0 aliphatic rings. The van der Waals surface area contributed by atoms with Crippen molar-refractivity contribution in [1.29, 1.82) is 10.5 Å². The predicted octanol–water partition coefficient (Wildman–Crippen LogP) is 2.08. The first-order valence-corrected chi connectivity index (χ1v) is 4.29. The van der Waals surface area contributed by atoms with Gasteiger partial charge in [0.25, 0.3) is 5.69 Å². The van der Waals surface area contributed by atoms with Crippen LogP contribution < -0.4 is 5.32 Å². The molecule has 0 atom stereocenters. The van der Waals surface area contributed by atoms with Crippen LogP contribution in [-0.4, -0.2) is 4.92 Å². The zero-order valence-electron chi connectivity index (χ0n) is 8.35. The van der Waals surface area contributed by atoms with Gasteiger partial charge in [-0.05, 0) is 6.07 Å². The summed E-state index contributed by atoms with van der Waals surface area (Å²) in [5.74, 6) is -0.842. The zero-order valence-corrected chi connectivity index (χ0v) is 8.35. The average molecular weight is 232 g/mol. The Labute approximate surface area is 95.4 Å². The van der Waals surface area contributed by atoms with E-state index in [1.165, 1.54) is 0 Å². The van der Waals surface area contributed by atoms with Crippen molar-refractivity contribution in [3.05, 3.63) is 45.9 Å². The Bertz CT molecular complexity index is 553. The molecule has 0 bridgehead atoms. The maximum Gasteiger partial charge on any atom is 0.272 e. The van der Waals surface area contributed by atoms with Crippen LogP contribution in [-0.2, 0) is 0 Å². The van der Waals surface area contributed by atoms with Crippen LogP contribution in [0.5, 0.6) is 0 Å². The van der Waals surface area contributed by atoms with Gasteiger partial charge in [-0.25, -0.2) is 4.39 Å². The van der Waals surface area contributed by atoms with Crippen LogP contribution in [0.2, 0.25) is 0 Å². The second kappa shape index (κ2) is 5.24. The summed E-state index contributed by atoms with van der Waals surface area (Å²) < 4.78 is 13.3. The molecule has 0 aliphatic carbocycles. The quantitative estimate of drug-likeness (QED) is 0.488. The van der Waals surface area contributed by atoms with Crippen LogP contribution in [0.1, 0.15) is 0 Å². The number of halogens is 1. The number of nitro benzene ring substituents is 1. The molecule has 0 unspecified atom stereocenters. The number of non-ortho nitro benzene ring substituents is 1. The fourth-order valence-electron chi connectivity index (χ4n) is 0.974. The average Bonchev–Trinajstić information content (AvgIpc) is 2.31. The summed E-state index contributed by atoms with van der Waals surface area (Å²) in [4.78, 5) is 9.62. The van der Waals surface area contributed by atoms with Crippen LogP contribution in [0, 0.1) is 38.6 Å². The number of rotatable bonds is 3. The first-order chi connectivity index (χ1) is 8.08. The van der Waals surface area contributed by atoms with E-state index in [-0.39, 0.29) is 16.9 Å². The minimum atomic E-state index is -0.842. The van der Waals surface area contributed by atoms with Crippen molar-refractivity contribution in [3.8, 4) is 12.1 Å². The summed E-state index contributed by atoms with van der Waals surface area (Å²) >= 11 is 0. The molecule has 0 spiro atoms. The van der Waals surface area contributed by atoms with Gasteiger partial charge in [0.2, 0.25) is 0 Å². The molecule has 1 rings (SSSR count). The molecule has 1 aromatic carbocycles. The number of hydrogen-bond donors (Lipinski definition) is 1. The number of benzene rings is 1. The fraction of sp³-hybridized carbons (Fsp3) is 0. The van der Waals surface area contributed by atoms with E-state index in [1.54, 1.807) is 12.1 Å². The molecular formula is C10H5FN4O2. The maximum absolute atomic E-state index is 13.3. The van der Waals surface area contributed by atoms with Gasteiger partial charge in [0.1, 0.15) is 17.7 Å². The monoisotopic (exact) mass is 232 g/mol. The highest BCUT2D eigenvalue weighted by atomic mass is 19.1. The lowest BCUT2D eigenvalue weighted by Gasteiger charge is -2.01. The Kier molecular flexibility index (Phi) is 3.74. The van der Waals surface area contributed by atoms with Crippen molar-refractivity contribution >= 4 is 11.4 Å². The van der Waals surface area contributed by atoms with Crippen molar-refractivity contribution in [2.24, 2.45) is 0 Å².